The molecule has 1 saturated heterocycles. The lowest BCUT2D eigenvalue weighted by atomic mass is 10.1. The molecule has 0 aliphatic carbocycles. The Bertz CT molecular complexity index is 807. The number of amides is 2. The fourth-order valence-corrected chi connectivity index (χ4v) is 2.51. The number of halogens is 1. The molecule has 0 bridgehead atoms. The molecule has 1 fully saturated rings. The fraction of sp³-hybridized carbons (Fsp3) is 0.312. The van der Waals surface area contributed by atoms with E-state index >= 15 is 0 Å². The summed E-state index contributed by atoms with van der Waals surface area (Å²) in [5.74, 6) is -1.21. The summed E-state index contributed by atoms with van der Waals surface area (Å²) in [4.78, 5) is 24.6. The van der Waals surface area contributed by atoms with Gasteiger partial charge in [-0.1, -0.05) is 17.3 Å². The van der Waals surface area contributed by atoms with Crippen molar-refractivity contribution in [3.8, 4) is 11.3 Å². The molecule has 1 aromatic heterocycles. The summed E-state index contributed by atoms with van der Waals surface area (Å²) in [6, 6.07) is 5.55. The van der Waals surface area contributed by atoms with Crippen molar-refractivity contribution >= 4 is 17.8 Å². The molecule has 1 aliphatic heterocycles. The molecule has 1 aliphatic rings. The molecule has 2 amide bonds. The second-order valence-electron chi connectivity index (χ2n) is 5.54. The standard InChI is InChI=1S/C16H16FN3O5/c1-9-13(10-4-2-3-5-11(10)17)25-19-14(9)18-16(23)20-6-7-24-12(8-20)15(21)22/h2-5,12H,6-8H2,1H3,(H,21,22)(H,18,19,23). The van der Waals surface area contributed by atoms with E-state index in [1.54, 1.807) is 25.1 Å². The van der Waals surface area contributed by atoms with E-state index in [2.05, 4.69) is 10.5 Å². The quantitative estimate of drug-likeness (QED) is 0.879. The van der Waals surface area contributed by atoms with Crippen molar-refractivity contribution in [2.45, 2.75) is 13.0 Å². The highest BCUT2D eigenvalue weighted by atomic mass is 19.1. The van der Waals surface area contributed by atoms with Crippen molar-refractivity contribution in [2.24, 2.45) is 0 Å². The van der Waals surface area contributed by atoms with E-state index in [1.807, 2.05) is 0 Å². The van der Waals surface area contributed by atoms with Gasteiger partial charge in [0.15, 0.2) is 17.7 Å². The zero-order chi connectivity index (χ0) is 18.0. The summed E-state index contributed by atoms with van der Waals surface area (Å²) in [7, 11) is 0. The maximum absolute atomic E-state index is 13.9. The first-order valence-electron chi connectivity index (χ1n) is 7.59. The molecular formula is C16H16FN3O5. The highest BCUT2D eigenvalue weighted by Gasteiger charge is 2.30. The number of aromatic nitrogens is 1. The SMILES string of the molecule is Cc1c(NC(=O)N2CCOC(C(=O)O)C2)noc1-c1ccccc1F. The number of nitrogens with zero attached hydrogens (tertiary/aromatic N) is 2. The Morgan fingerprint density at radius 2 is 2.16 bits per heavy atom. The summed E-state index contributed by atoms with van der Waals surface area (Å²) < 4.78 is 24.1. The van der Waals surface area contributed by atoms with Crippen molar-refractivity contribution in [3.05, 3.63) is 35.6 Å². The molecule has 1 aromatic carbocycles. The number of ether oxygens (including phenoxy) is 1. The maximum atomic E-state index is 13.9. The van der Waals surface area contributed by atoms with Gasteiger partial charge in [-0.3, -0.25) is 5.32 Å². The predicted octanol–water partition coefficient (Wildman–Crippen LogP) is 2.11. The minimum absolute atomic E-state index is 0.0712. The number of aliphatic carboxylic acids is 1. The van der Waals surface area contributed by atoms with Gasteiger partial charge < -0.3 is 19.3 Å². The lowest BCUT2D eigenvalue weighted by molar-refractivity contribution is -0.154. The topological polar surface area (TPSA) is 105 Å². The molecule has 3 rings (SSSR count). The number of benzene rings is 1. The number of nitrogens with one attached hydrogen (secondary N) is 1. The van der Waals surface area contributed by atoms with Gasteiger partial charge in [0.1, 0.15) is 5.82 Å². The highest BCUT2D eigenvalue weighted by Crippen LogP contribution is 2.30. The van der Waals surface area contributed by atoms with Crippen molar-refractivity contribution in [1.29, 1.82) is 0 Å². The lowest BCUT2D eigenvalue weighted by Gasteiger charge is -2.30. The molecule has 2 N–H and O–H groups in total. The van der Waals surface area contributed by atoms with Crippen LogP contribution in [0.2, 0.25) is 0 Å². The number of carboxylic acids is 1. The van der Waals surface area contributed by atoms with Crippen LogP contribution in [0, 0.1) is 12.7 Å². The molecule has 0 radical (unpaired) electrons. The van der Waals surface area contributed by atoms with E-state index < -0.39 is 23.9 Å². The second kappa shape index (κ2) is 6.89. The van der Waals surface area contributed by atoms with Gasteiger partial charge in [-0.05, 0) is 19.1 Å². The fourth-order valence-electron chi connectivity index (χ4n) is 2.51. The Balaban J connectivity index is 1.75. The van der Waals surface area contributed by atoms with Gasteiger partial charge >= 0.3 is 12.0 Å². The van der Waals surface area contributed by atoms with Crippen LogP contribution in [0.25, 0.3) is 11.3 Å². The van der Waals surface area contributed by atoms with Crippen molar-refractivity contribution in [2.75, 3.05) is 25.0 Å². The number of urea groups is 1. The van der Waals surface area contributed by atoms with Crippen molar-refractivity contribution in [3.63, 3.8) is 0 Å². The zero-order valence-corrected chi connectivity index (χ0v) is 13.4. The molecule has 2 aromatic rings. The first-order chi connectivity index (χ1) is 12.0. The van der Waals surface area contributed by atoms with Gasteiger partial charge in [-0.25, -0.2) is 14.0 Å². The average Bonchev–Trinajstić information content (AvgIpc) is 2.96. The molecule has 0 saturated carbocycles. The molecule has 1 atom stereocenters. The van der Waals surface area contributed by atoms with Crippen LogP contribution in [0.4, 0.5) is 15.0 Å². The van der Waals surface area contributed by atoms with Crippen molar-refractivity contribution in [1.82, 2.24) is 10.1 Å². The summed E-state index contributed by atoms with van der Waals surface area (Å²) >= 11 is 0. The number of carbonyl (C=O) groups is 2. The number of morpholine rings is 1. The largest absolute Gasteiger partial charge is 0.479 e. The van der Waals surface area contributed by atoms with Crippen molar-refractivity contribution < 1.29 is 28.3 Å². The van der Waals surface area contributed by atoms with Gasteiger partial charge in [0.05, 0.1) is 18.7 Å². The Labute approximate surface area is 142 Å². The smallest absolute Gasteiger partial charge is 0.334 e. The van der Waals surface area contributed by atoms with Crippen LogP contribution in [0.5, 0.6) is 0 Å². The zero-order valence-electron chi connectivity index (χ0n) is 13.4. The Morgan fingerprint density at radius 3 is 2.88 bits per heavy atom. The number of hydrogen-bond acceptors (Lipinski definition) is 5. The monoisotopic (exact) mass is 349 g/mol. The molecule has 8 nitrogen and oxygen atoms in total. The van der Waals surface area contributed by atoms with Gasteiger partial charge in [-0.15, -0.1) is 0 Å². The summed E-state index contributed by atoms with van der Waals surface area (Å²) in [5.41, 5.74) is 0.715. The van der Waals surface area contributed by atoms with Gasteiger partial charge in [0.25, 0.3) is 0 Å². The number of anilines is 1. The third-order valence-corrected chi connectivity index (χ3v) is 3.90. The van der Waals surface area contributed by atoms with Crippen LogP contribution in [0.3, 0.4) is 0 Å². The molecule has 2 heterocycles. The van der Waals surface area contributed by atoms with Crippen LogP contribution in [-0.2, 0) is 9.53 Å². The van der Waals surface area contributed by atoms with Crippen LogP contribution >= 0.6 is 0 Å². The number of carbonyl (C=O) groups excluding carboxylic acids is 1. The van der Waals surface area contributed by atoms with Gasteiger partial charge in [-0.2, -0.15) is 0 Å². The average molecular weight is 349 g/mol. The van der Waals surface area contributed by atoms with Gasteiger partial charge in [0, 0.05) is 12.1 Å². The molecule has 9 heteroatoms. The molecule has 132 valence electrons. The van der Waals surface area contributed by atoms with E-state index in [9.17, 15) is 14.0 Å². The van der Waals surface area contributed by atoms with E-state index in [4.69, 9.17) is 14.4 Å². The number of rotatable bonds is 3. The third kappa shape index (κ3) is 3.45. The maximum Gasteiger partial charge on any atom is 0.334 e. The molecule has 1 unspecified atom stereocenters. The second-order valence-corrected chi connectivity index (χ2v) is 5.54. The minimum atomic E-state index is -1.13. The van der Waals surface area contributed by atoms with Crippen LogP contribution < -0.4 is 5.32 Å². The number of hydrogen-bond donors (Lipinski definition) is 2. The van der Waals surface area contributed by atoms with E-state index in [0.717, 1.165) is 0 Å². The van der Waals surface area contributed by atoms with Crippen LogP contribution in [0.1, 0.15) is 5.56 Å². The third-order valence-electron chi connectivity index (χ3n) is 3.90. The Hall–Kier alpha value is -2.94. The normalized spacial score (nSPS) is 17.4. The summed E-state index contributed by atoms with van der Waals surface area (Å²) in [6.45, 7) is 1.96. The lowest BCUT2D eigenvalue weighted by Crippen LogP contribution is -2.50. The highest BCUT2D eigenvalue weighted by molar-refractivity contribution is 5.90. The van der Waals surface area contributed by atoms with E-state index in [1.165, 1.54) is 11.0 Å². The van der Waals surface area contributed by atoms with Crippen LogP contribution in [0.15, 0.2) is 28.8 Å². The Kier molecular flexibility index (Phi) is 4.66. The van der Waals surface area contributed by atoms with E-state index in [-0.39, 0.29) is 36.8 Å². The molecule has 0 spiro atoms. The first-order valence-corrected chi connectivity index (χ1v) is 7.59. The molecule has 25 heavy (non-hydrogen) atoms. The number of carboxylic acid groups (broad SMARTS) is 1. The van der Waals surface area contributed by atoms with E-state index in [0.29, 0.717) is 5.56 Å². The predicted molar refractivity (Wildman–Crippen MR) is 84.6 cm³/mol. The summed E-state index contributed by atoms with van der Waals surface area (Å²) in [6.07, 6.45) is -1.06. The Morgan fingerprint density at radius 1 is 1.40 bits per heavy atom. The first kappa shape index (κ1) is 16.9. The van der Waals surface area contributed by atoms with Gasteiger partial charge in [0.2, 0.25) is 0 Å². The minimum Gasteiger partial charge on any atom is -0.479 e. The summed E-state index contributed by atoms with van der Waals surface area (Å²) in [5, 5.41) is 15.3. The van der Waals surface area contributed by atoms with Crippen LogP contribution in [-0.4, -0.2) is 53.0 Å². The molecular weight excluding hydrogens is 333 g/mol.